The van der Waals surface area contributed by atoms with Crippen LogP contribution in [0.4, 0.5) is 0 Å². The van der Waals surface area contributed by atoms with E-state index in [1.807, 2.05) is 0 Å². The van der Waals surface area contributed by atoms with Crippen LogP contribution in [0.25, 0.3) is 0 Å². The van der Waals surface area contributed by atoms with Crippen LogP contribution in [0.15, 0.2) is 72.4 Å². The highest BCUT2D eigenvalue weighted by Crippen LogP contribution is 2.17. The maximum atomic E-state index is 2.48. The van der Waals surface area contributed by atoms with E-state index in [4.69, 9.17) is 0 Å². The van der Waals surface area contributed by atoms with Gasteiger partial charge < -0.3 is 0 Å². The lowest BCUT2D eigenvalue weighted by molar-refractivity contribution is 0.545. The van der Waals surface area contributed by atoms with Gasteiger partial charge in [0.1, 0.15) is 8.07 Å². The van der Waals surface area contributed by atoms with Gasteiger partial charge in [-0.15, -0.1) is 0 Å². The normalized spacial score (nSPS) is 12.8. The smallest absolute Gasteiger partial charge is 0.0895 e. The standard InChI is InChI=1S/C19H24Si/c1-19(2,3)15-16-20(4,17-11-7-5-8-12-17)18-13-9-6-10-14-18/h5-16H,1-4H3/b16-15-. The molecule has 20 heavy (non-hydrogen) atoms. The van der Waals surface area contributed by atoms with Gasteiger partial charge in [-0.3, -0.25) is 0 Å². The van der Waals surface area contributed by atoms with E-state index in [0.29, 0.717) is 0 Å². The molecule has 1 heteroatoms. The molecule has 0 heterocycles. The molecule has 0 atom stereocenters. The van der Waals surface area contributed by atoms with E-state index < -0.39 is 8.07 Å². The zero-order valence-electron chi connectivity index (χ0n) is 12.9. The minimum atomic E-state index is -1.79. The number of hydrogen-bond donors (Lipinski definition) is 0. The third kappa shape index (κ3) is 3.49. The molecule has 0 N–H and O–H groups in total. The molecule has 0 saturated carbocycles. The van der Waals surface area contributed by atoms with E-state index in [-0.39, 0.29) is 5.41 Å². The molecule has 0 nitrogen and oxygen atoms in total. The third-order valence-electron chi connectivity index (χ3n) is 3.66. The van der Waals surface area contributed by atoms with Crippen molar-refractivity contribution < 1.29 is 0 Å². The first-order valence-corrected chi connectivity index (χ1v) is 9.81. The van der Waals surface area contributed by atoms with Crippen LogP contribution in [0.1, 0.15) is 20.8 Å². The van der Waals surface area contributed by atoms with Crippen molar-refractivity contribution in [1.29, 1.82) is 0 Å². The first kappa shape index (κ1) is 14.8. The largest absolute Gasteiger partial charge is 0.138 e. The average Bonchev–Trinajstić information content (AvgIpc) is 2.46. The monoisotopic (exact) mass is 280 g/mol. The number of rotatable bonds is 3. The molecule has 0 aliphatic rings. The molecule has 0 fully saturated rings. The van der Waals surface area contributed by atoms with Gasteiger partial charge in [-0.1, -0.05) is 110 Å². The van der Waals surface area contributed by atoms with Crippen molar-refractivity contribution in [3.05, 3.63) is 72.4 Å². The maximum absolute atomic E-state index is 2.48. The Labute approximate surface area is 124 Å². The molecule has 0 unspecified atom stereocenters. The second-order valence-corrected chi connectivity index (χ2v) is 10.5. The fraction of sp³-hybridized carbons (Fsp3) is 0.263. The Balaban J connectivity index is 2.53. The van der Waals surface area contributed by atoms with Crippen LogP contribution < -0.4 is 10.4 Å². The van der Waals surface area contributed by atoms with Crippen molar-refractivity contribution in [2.24, 2.45) is 5.41 Å². The van der Waals surface area contributed by atoms with Crippen molar-refractivity contribution in [2.45, 2.75) is 27.3 Å². The van der Waals surface area contributed by atoms with Crippen LogP contribution >= 0.6 is 0 Å². The summed E-state index contributed by atoms with van der Waals surface area (Å²) in [5.74, 6) is 0. The Morgan fingerprint density at radius 3 is 1.50 bits per heavy atom. The molecular weight excluding hydrogens is 256 g/mol. The lowest BCUT2D eigenvalue weighted by Crippen LogP contribution is -2.54. The molecule has 104 valence electrons. The Kier molecular flexibility index (Phi) is 4.29. The van der Waals surface area contributed by atoms with Gasteiger partial charge in [-0.05, 0) is 5.41 Å². The zero-order chi connectivity index (χ0) is 14.6. The van der Waals surface area contributed by atoms with Gasteiger partial charge in [0.15, 0.2) is 0 Å². The van der Waals surface area contributed by atoms with Crippen molar-refractivity contribution >= 4 is 18.4 Å². The van der Waals surface area contributed by atoms with Gasteiger partial charge >= 0.3 is 0 Å². The number of allylic oxidation sites excluding steroid dienone is 1. The van der Waals surface area contributed by atoms with Crippen molar-refractivity contribution in [1.82, 2.24) is 0 Å². The van der Waals surface area contributed by atoms with Crippen LogP contribution in [0, 0.1) is 5.41 Å². The van der Waals surface area contributed by atoms with Crippen LogP contribution in [0.3, 0.4) is 0 Å². The first-order valence-electron chi connectivity index (χ1n) is 7.23. The summed E-state index contributed by atoms with van der Waals surface area (Å²) in [5.41, 5.74) is 2.70. The molecule has 0 bridgehead atoms. The van der Waals surface area contributed by atoms with Crippen molar-refractivity contribution in [3.63, 3.8) is 0 Å². The second kappa shape index (κ2) is 5.80. The lowest BCUT2D eigenvalue weighted by atomic mass is 9.98. The van der Waals surface area contributed by atoms with Crippen LogP contribution in [-0.4, -0.2) is 8.07 Å². The van der Waals surface area contributed by atoms with E-state index in [1.165, 1.54) is 10.4 Å². The summed E-state index contributed by atoms with van der Waals surface area (Å²) in [6.07, 6.45) is 2.37. The summed E-state index contributed by atoms with van der Waals surface area (Å²) < 4.78 is 0. The predicted molar refractivity (Wildman–Crippen MR) is 92.4 cm³/mol. The van der Waals surface area contributed by atoms with Gasteiger partial charge in [-0.25, -0.2) is 0 Å². The molecule has 0 amide bonds. The topological polar surface area (TPSA) is 0 Å². The lowest BCUT2D eigenvalue weighted by Gasteiger charge is -2.26. The van der Waals surface area contributed by atoms with Crippen molar-refractivity contribution in [3.8, 4) is 0 Å². The Bertz CT molecular complexity index is 522. The van der Waals surface area contributed by atoms with Gasteiger partial charge in [0.05, 0.1) is 0 Å². The second-order valence-electron chi connectivity index (χ2n) is 6.63. The van der Waals surface area contributed by atoms with Gasteiger partial charge in [0.2, 0.25) is 0 Å². The molecule has 2 aromatic carbocycles. The van der Waals surface area contributed by atoms with Crippen LogP contribution in [-0.2, 0) is 0 Å². The van der Waals surface area contributed by atoms with E-state index >= 15 is 0 Å². The fourth-order valence-corrected chi connectivity index (χ4v) is 5.67. The third-order valence-corrected chi connectivity index (χ3v) is 7.56. The molecule has 0 radical (unpaired) electrons. The Morgan fingerprint density at radius 2 is 1.15 bits per heavy atom. The quantitative estimate of drug-likeness (QED) is 0.745. The molecule has 0 spiro atoms. The molecule has 2 aromatic rings. The molecule has 2 rings (SSSR count). The zero-order valence-corrected chi connectivity index (χ0v) is 13.9. The highest BCUT2D eigenvalue weighted by molar-refractivity contribution is 7.05. The fourth-order valence-electron chi connectivity index (χ4n) is 2.34. The summed E-state index contributed by atoms with van der Waals surface area (Å²) in [4.78, 5) is 0. The number of hydrogen-bond acceptors (Lipinski definition) is 0. The Hall–Kier alpha value is -1.60. The van der Waals surface area contributed by atoms with Crippen LogP contribution in [0.5, 0.6) is 0 Å². The van der Waals surface area contributed by atoms with Gasteiger partial charge in [0, 0.05) is 0 Å². The highest BCUT2D eigenvalue weighted by Gasteiger charge is 2.29. The van der Waals surface area contributed by atoms with Gasteiger partial charge in [-0.2, -0.15) is 0 Å². The molecule has 0 aliphatic carbocycles. The van der Waals surface area contributed by atoms with E-state index in [2.05, 4.69) is 99.8 Å². The summed E-state index contributed by atoms with van der Waals surface area (Å²) in [6, 6.07) is 21.9. The molecule has 0 saturated heterocycles. The summed E-state index contributed by atoms with van der Waals surface area (Å²) in [5, 5.41) is 2.93. The van der Waals surface area contributed by atoms with E-state index in [0.717, 1.165) is 0 Å². The van der Waals surface area contributed by atoms with Crippen molar-refractivity contribution in [2.75, 3.05) is 0 Å². The maximum Gasteiger partial charge on any atom is 0.138 e. The van der Waals surface area contributed by atoms with E-state index in [9.17, 15) is 0 Å². The predicted octanol–water partition coefficient (Wildman–Crippen LogP) is 4.02. The molecule has 0 aliphatic heterocycles. The first-order chi connectivity index (χ1) is 9.42. The van der Waals surface area contributed by atoms with Gasteiger partial charge in [0.25, 0.3) is 0 Å². The average molecular weight is 280 g/mol. The summed E-state index contributed by atoms with van der Waals surface area (Å²) >= 11 is 0. The molecular formula is C19H24Si. The highest BCUT2D eigenvalue weighted by atomic mass is 28.3. The van der Waals surface area contributed by atoms with E-state index in [1.54, 1.807) is 0 Å². The summed E-state index contributed by atoms with van der Waals surface area (Å²) in [7, 11) is -1.79. The number of benzene rings is 2. The molecule has 0 aromatic heterocycles. The van der Waals surface area contributed by atoms with Crippen LogP contribution in [0.2, 0.25) is 6.55 Å². The minimum absolute atomic E-state index is 0.220. The minimum Gasteiger partial charge on any atom is -0.0895 e. The SMILES string of the molecule is CC(C)(C)/C=C\[Si](C)(c1ccccc1)c1ccccc1. The summed E-state index contributed by atoms with van der Waals surface area (Å²) in [6.45, 7) is 9.21. The Morgan fingerprint density at radius 1 is 0.750 bits per heavy atom.